The number of halogens is 1. The summed E-state index contributed by atoms with van der Waals surface area (Å²) in [6.45, 7) is 1.62. The van der Waals surface area contributed by atoms with Crippen molar-refractivity contribution < 1.29 is 14.0 Å². The van der Waals surface area contributed by atoms with Crippen LogP contribution in [0.25, 0.3) is 0 Å². The first-order valence-corrected chi connectivity index (χ1v) is 6.55. The Labute approximate surface area is 124 Å². The summed E-state index contributed by atoms with van der Waals surface area (Å²) in [6, 6.07) is 5.96. The molecule has 1 unspecified atom stereocenters. The number of aromatic nitrogens is 2. The van der Waals surface area contributed by atoms with E-state index in [0.29, 0.717) is 11.5 Å². The lowest BCUT2D eigenvalue weighted by molar-refractivity contribution is -0.132. The highest BCUT2D eigenvalue weighted by Gasteiger charge is 2.50. The molecule has 1 aliphatic heterocycles. The van der Waals surface area contributed by atoms with E-state index in [1.807, 2.05) is 0 Å². The standard InChI is InChI=1S/C13H11ClN4O3/c1-13(9-3-2-6-21-9)11(19)18(12(20)15-13)7-8-4-5-10(14)17-16-8/h2-6H,7H2,1H3,(H,15,20). The highest BCUT2D eigenvalue weighted by atomic mass is 35.5. The molecule has 0 aliphatic carbocycles. The fraction of sp³-hybridized carbons (Fsp3) is 0.231. The number of amides is 3. The fourth-order valence-corrected chi connectivity index (χ4v) is 2.26. The summed E-state index contributed by atoms with van der Waals surface area (Å²) in [5, 5.41) is 10.4. The molecule has 1 fully saturated rings. The van der Waals surface area contributed by atoms with Gasteiger partial charge in [0.2, 0.25) is 0 Å². The molecule has 3 rings (SSSR count). The minimum atomic E-state index is -1.21. The van der Waals surface area contributed by atoms with Gasteiger partial charge in [0.15, 0.2) is 10.7 Å². The van der Waals surface area contributed by atoms with Gasteiger partial charge in [-0.2, -0.15) is 5.10 Å². The molecule has 2 aromatic heterocycles. The molecule has 8 heteroatoms. The number of nitrogens with one attached hydrogen (secondary N) is 1. The van der Waals surface area contributed by atoms with Gasteiger partial charge in [-0.3, -0.25) is 9.69 Å². The molecule has 1 saturated heterocycles. The molecule has 3 heterocycles. The first-order valence-electron chi connectivity index (χ1n) is 6.17. The fourth-order valence-electron chi connectivity index (χ4n) is 2.16. The van der Waals surface area contributed by atoms with Crippen molar-refractivity contribution in [2.45, 2.75) is 19.0 Å². The zero-order valence-corrected chi connectivity index (χ0v) is 11.8. The van der Waals surface area contributed by atoms with E-state index in [1.165, 1.54) is 6.26 Å². The van der Waals surface area contributed by atoms with Crippen molar-refractivity contribution in [2.75, 3.05) is 0 Å². The lowest BCUT2D eigenvalue weighted by atomic mass is 9.99. The third-order valence-electron chi connectivity index (χ3n) is 3.30. The zero-order chi connectivity index (χ0) is 15.0. The molecular weight excluding hydrogens is 296 g/mol. The van der Waals surface area contributed by atoms with Crippen LogP contribution in [0.2, 0.25) is 5.15 Å². The van der Waals surface area contributed by atoms with E-state index in [2.05, 4.69) is 15.5 Å². The van der Waals surface area contributed by atoms with Crippen LogP contribution in [0, 0.1) is 0 Å². The van der Waals surface area contributed by atoms with Crippen LogP contribution in [-0.4, -0.2) is 27.0 Å². The van der Waals surface area contributed by atoms with E-state index in [9.17, 15) is 9.59 Å². The molecule has 108 valence electrons. The van der Waals surface area contributed by atoms with Gasteiger partial charge in [-0.1, -0.05) is 11.6 Å². The first-order chi connectivity index (χ1) is 10.0. The first kappa shape index (κ1) is 13.6. The molecule has 0 spiro atoms. The molecular formula is C13H11ClN4O3. The van der Waals surface area contributed by atoms with Crippen LogP contribution < -0.4 is 5.32 Å². The molecule has 7 nitrogen and oxygen atoms in total. The molecule has 0 radical (unpaired) electrons. The molecule has 1 N–H and O–H groups in total. The van der Waals surface area contributed by atoms with Crippen molar-refractivity contribution in [2.24, 2.45) is 0 Å². The Kier molecular flexibility index (Phi) is 3.13. The molecule has 0 bridgehead atoms. The van der Waals surface area contributed by atoms with Crippen molar-refractivity contribution in [1.29, 1.82) is 0 Å². The van der Waals surface area contributed by atoms with Crippen molar-refractivity contribution >= 4 is 23.5 Å². The number of hydrogen-bond acceptors (Lipinski definition) is 5. The summed E-state index contributed by atoms with van der Waals surface area (Å²) in [6.07, 6.45) is 1.45. The average molecular weight is 307 g/mol. The molecule has 1 aliphatic rings. The SMILES string of the molecule is CC1(c2ccco2)NC(=O)N(Cc2ccc(Cl)nn2)C1=O. The lowest BCUT2D eigenvalue weighted by Gasteiger charge is -2.18. The third kappa shape index (κ3) is 2.25. The van der Waals surface area contributed by atoms with Crippen LogP contribution in [0.5, 0.6) is 0 Å². The summed E-state index contributed by atoms with van der Waals surface area (Å²) >= 11 is 5.65. The number of rotatable bonds is 3. The van der Waals surface area contributed by atoms with E-state index < -0.39 is 17.5 Å². The number of carbonyl (C=O) groups is 2. The van der Waals surface area contributed by atoms with Crippen LogP contribution in [-0.2, 0) is 16.9 Å². The van der Waals surface area contributed by atoms with Gasteiger partial charge in [0.1, 0.15) is 5.76 Å². The van der Waals surface area contributed by atoms with Crippen molar-refractivity contribution in [3.8, 4) is 0 Å². The Bertz CT molecular complexity index is 686. The van der Waals surface area contributed by atoms with E-state index in [1.54, 1.807) is 31.2 Å². The number of furan rings is 1. The van der Waals surface area contributed by atoms with Gasteiger partial charge >= 0.3 is 6.03 Å². The normalized spacial score (nSPS) is 21.7. The Morgan fingerprint density at radius 2 is 2.14 bits per heavy atom. The Hall–Kier alpha value is -2.41. The van der Waals surface area contributed by atoms with Gasteiger partial charge in [-0.25, -0.2) is 4.79 Å². The maximum atomic E-state index is 12.5. The smallest absolute Gasteiger partial charge is 0.325 e. The number of carbonyl (C=O) groups excluding carboxylic acids is 2. The molecule has 0 saturated carbocycles. The number of urea groups is 1. The average Bonchev–Trinajstić information content (AvgIpc) is 3.06. The van der Waals surface area contributed by atoms with Crippen molar-refractivity contribution in [3.63, 3.8) is 0 Å². The zero-order valence-electron chi connectivity index (χ0n) is 11.0. The lowest BCUT2D eigenvalue weighted by Crippen LogP contribution is -2.40. The van der Waals surface area contributed by atoms with E-state index in [4.69, 9.17) is 16.0 Å². The van der Waals surface area contributed by atoms with Crippen LogP contribution in [0.4, 0.5) is 4.79 Å². The topological polar surface area (TPSA) is 88.3 Å². The van der Waals surface area contributed by atoms with Gasteiger partial charge in [0.05, 0.1) is 18.5 Å². The number of hydrogen-bond donors (Lipinski definition) is 1. The van der Waals surface area contributed by atoms with Crippen LogP contribution >= 0.6 is 11.6 Å². The van der Waals surface area contributed by atoms with Crippen LogP contribution in [0.1, 0.15) is 18.4 Å². The second-order valence-corrected chi connectivity index (χ2v) is 5.16. The second-order valence-electron chi connectivity index (χ2n) is 4.77. The van der Waals surface area contributed by atoms with E-state index in [0.717, 1.165) is 4.90 Å². The summed E-state index contributed by atoms with van der Waals surface area (Å²) in [7, 11) is 0. The highest BCUT2D eigenvalue weighted by Crippen LogP contribution is 2.29. The maximum absolute atomic E-state index is 12.5. The van der Waals surface area contributed by atoms with E-state index in [-0.39, 0.29) is 11.7 Å². The van der Waals surface area contributed by atoms with Gasteiger partial charge in [-0.15, -0.1) is 5.10 Å². The van der Waals surface area contributed by atoms with Gasteiger partial charge < -0.3 is 9.73 Å². The molecule has 2 aromatic rings. The molecule has 3 amide bonds. The summed E-state index contributed by atoms with van der Waals surface area (Å²) in [5.41, 5.74) is -0.743. The molecule has 21 heavy (non-hydrogen) atoms. The van der Waals surface area contributed by atoms with Crippen LogP contribution in [0.3, 0.4) is 0 Å². The number of nitrogens with zero attached hydrogens (tertiary/aromatic N) is 3. The second kappa shape index (κ2) is 4.85. The minimum Gasteiger partial charge on any atom is -0.466 e. The Morgan fingerprint density at radius 3 is 2.76 bits per heavy atom. The molecule has 0 aromatic carbocycles. The predicted molar refractivity (Wildman–Crippen MR) is 72.2 cm³/mol. The summed E-state index contributed by atoms with van der Waals surface area (Å²) in [5.74, 6) is -0.0234. The van der Waals surface area contributed by atoms with Gasteiger partial charge in [0, 0.05) is 0 Å². The summed E-state index contributed by atoms with van der Waals surface area (Å²) in [4.78, 5) is 25.6. The third-order valence-corrected chi connectivity index (χ3v) is 3.50. The predicted octanol–water partition coefficient (Wildman–Crippen LogP) is 1.69. The molecule has 1 atom stereocenters. The van der Waals surface area contributed by atoms with Crippen molar-refractivity contribution in [3.05, 3.63) is 47.1 Å². The maximum Gasteiger partial charge on any atom is 0.325 e. The quantitative estimate of drug-likeness (QED) is 0.872. The van der Waals surface area contributed by atoms with Crippen LogP contribution in [0.15, 0.2) is 34.9 Å². The number of imide groups is 1. The van der Waals surface area contributed by atoms with E-state index >= 15 is 0 Å². The van der Waals surface area contributed by atoms with Gasteiger partial charge in [0.25, 0.3) is 5.91 Å². The summed E-state index contributed by atoms with van der Waals surface area (Å²) < 4.78 is 5.25. The minimum absolute atomic E-state index is 0.0190. The van der Waals surface area contributed by atoms with Crippen molar-refractivity contribution in [1.82, 2.24) is 20.4 Å². The Balaban J connectivity index is 1.86. The largest absolute Gasteiger partial charge is 0.466 e. The highest BCUT2D eigenvalue weighted by molar-refractivity contribution is 6.29. The van der Waals surface area contributed by atoms with Gasteiger partial charge in [-0.05, 0) is 31.2 Å². The monoisotopic (exact) mass is 306 g/mol. The Morgan fingerprint density at radius 1 is 1.33 bits per heavy atom.